The maximum absolute atomic E-state index is 10.3. The molecule has 1 unspecified atom stereocenters. The van der Waals surface area contributed by atoms with Crippen molar-refractivity contribution in [2.75, 3.05) is 13.7 Å². The number of methoxy groups -OCH3 is 1. The summed E-state index contributed by atoms with van der Waals surface area (Å²) in [6.45, 7) is 7.67. The number of aliphatic hydroxyl groups is 2. The summed E-state index contributed by atoms with van der Waals surface area (Å²) < 4.78 is 16.8. The van der Waals surface area contributed by atoms with Gasteiger partial charge in [0.2, 0.25) is 0 Å². The molecule has 0 amide bonds. The lowest BCUT2D eigenvalue weighted by Crippen LogP contribution is -2.45. The predicted molar refractivity (Wildman–Crippen MR) is 71.8 cm³/mol. The van der Waals surface area contributed by atoms with Crippen molar-refractivity contribution in [1.29, 1.82) is 0 Å². The van der Waals surface area contributed by atoms with E-state index in [0.717, 1.165) is 6.42 Å². The van der Waals surface area contributed by atoms with Gasteiger partial charge < -0.3 is 24.4 Å². The summed E-state index contributed by atoms with van der Waals surface area (Å²) in [6.07, 6.45) is -0.460. The van der Waals surface area contributed by atoms with Gasteiger partial charge >= 0.3 is 0 Å². The standard InChI is InChI=1S/C14H28O5/c1-9(2)6-7-10(16)12(17-5)13-11(8-15)18-14(3,4)19-13/h9-13,15-16H,6-8H2,1-5H3/t10?,11-,12-,13-/m0/s1. The maximum atomic E-state index is 10.3. The van der Waals surface area contributed by atoms with Crippen molar-refractivity contribution < 1.29 is 24.4 Å². The number of ether oxygens (including phenoxy) is 3. The Hall–Kier alpha value is -0.200. The van der Waals surface area contributed by atoms with Gasteiger partial charge in [-0.25, -0.2) is 0 Å². The Bertz CT molecular complexity index is 267. The largest absolute Gasteiger partial charge is 0.394 e. The lowest BCUT2D eigenvalue weighted by atomic mass is 9.96. The zero-order chi connectivity index (χ0) is 14.6. The van der Waals surface area contributed by atoms with Crippen LogP contribution < -0.4 is 0 Å². The fourth-order valence-electron chi connectivity index (χ4n) is 2.46. The first-order chi connectivity index (χ1) is 8.80. The summed E-state index contributed by atoms with van der Waals surface area (Å²) in [6, 6.07) is 0. The molecule has 0 bridgehead atoms. The fraction of sp³-hybridized carbons (Fsp3) is 1.00. The molecule has 5 nitrogen and oxygen atoms in total. The molecule has 0 radical (unpaired) electrons. The average Bonchev–Trinajstić information content (AvgIpc) is 2.63. The minimum absolute atomic E-state index is 0.148. The third-order valence-electron chi connectivity index (χ3n) is 3.42. The van der Waals surface area contributed by atoms with Gasteiger partial charge in [-0.05, 0) is 32.6 Å². The monoisotopic (exact) mass is 276 g/mol. The lowest BCUT2D eigenvalue weighted by molar-refractivity contribution is -0.167. The summed E-state index contributed by atoms with van der Waals surface area (Å²) in [7, 11) is 1.55. The van der Waals surface area contributed by atoms with E-state index in [9.17, 15) is 10.2 Å². The molecule has 1 aliphatic rings. The number of hydrogen-bond acceptors (Lipinski definition) is 5. The minimum Gasteiger partial charge on any atom is -0.394 e. The molecule has 5 heteroatoms. The van der Waals surface area contributed by atoms with Crippen molar-refractivity contribution in [3.63, 3.8) is 0 Å². The molecule has 1 saturated heterocycles. The molecule has 0 spiro atoms. The molecule has 19 heavy (non-hydrogen) atoms. The normalized spacial score (nSPS) is 29.7. The van der Waals surface area contributed by atoms with Crippen molar-refractivity contribution in [2.24, 2.45) is 5.92 Å². The van der Waals surface area contributed by atoms with Crippen LogP contribution in [0.5, 0.6) is 0 Å². The van der Waals surface area contributed by atoms with Gasteiger partial charge in [0.25, 0.3) is 0 Å². The van der Waals surface area contributed by atoms with Crippen LogP contribution in [0.1, 0.15) is 40.5 Å². The minimum atomic E-state index is -0.757. The quantitative estimate of drug-likeness (QED) is 0.734. The van der Waals surface area contributed by atoms with Gasteiger partial charge in [0.1, 0.15) is 18.3 Å². The van der Waals surface area contributed by atoms with Crippen LogP contribution in [0.4, 0.5) is 0 Å². The molecule has 1 rings (SSSR count). The highest BCUT2D eigenvalue weighted by atomic mass is 16.8. The summed E-state index contributed by atoms with van der Waals surface area (Å²) >= 11 is 0. The molecular weight excluding hydrogens is 248 g/mol. The van der Waals surface area contributed by atoms with Gasteiger partial charge in [0.15, 0.2) is 5.79 Å². The maximum Gasteiger partial charge on any atom is 0.164 e. The van der Waals surface area contributed by atoms with E-state index >= 15 is 0 Å². The van der Waals surface area contributed by atoms with Crippen LogP contribution in [0.15, 0.2) is 0 Å². The van der Waals surface area contributed by atoms with E-state index in [1.54, 1.807) is 21.0 Å². The highest BCUT2D eigenvalue weighted by Gasteiger charge is 2.46. The zero-order valence-corrected chi connectivity index (χ0v) is 12.6. The molecular formula is C14H28O5. The van der Waals surface area contributed by atoms with Crippen molar-refractivity contribution >= 4 is 0 Å². The Kier molecular flexibility index (Phi) is 6.20. The molecule has 1 aliphatic heterocycles. The summed E-state index contributed by atoms with van der Waals surface area (Å²) in [5, 5.41) is 19.6. The van der Waals surface area contributed by atoms with Crippen molar-refractivity contribution in [2.45, 2.75) is 70.7 Å². The molecule has 0 aromatic rings. The fourth-order valence-corrected chi connectivity index (χ4v) is 2.46. The molecule has 2 N–H and O–H groups in total. The highest BCUT2D eigenvalue weighted by molar-refractivity contribution is 4.90. The van der Waals surface area contributed by atoms with Crippen LogP contribution in [0.3, 0.4) is 0 Å². The van der Waals surface area contributed by atoms with Crippen LogP contribution >= 0.6 is 0 Å². The molecule has 0 aromatic heterocycles. The van der Waals surface area contributed by atoms with E-state index in [1.807, 2.05) is 0 Å². The van der Waals surface area contributed by atoms with E-state index in [-0.39, 0.29) is 6.61 Å². The Balaban J connectivity index is 2.67. The van der Waals surface area contributed by atoms with Gasteiger partial charge in [0, 0.05) is 7.11 Å². The van der Waals surface area contributed by atoms with Crippen LogP contribution in [-0.4, -0.2) is 54.1 Å². The van der Waals surface area contributed by atoms with Gasteiger partial charge in [0.05, 0.1) is 12.7 Å². The molecule has 0 aliphatic carbocycles. The van der Waals surface area contributed by atoms with Crippen LogP contribution in [-0.2, 0) is 14.2 Å². The van der Waals surface area contributed by atoms with Crippen LogP contribution in [0.25, 0.3) is 0 Å². The van der Waals surface area contributed by atoms with Crippen LogP contribution in [0, 0.1) is 5.92 Å². The molecule has 4 atom stereocenters. The first-order valence-corrected chi connectivity index (χ1v) is 6.98. The van der Waals surface area contributed by atoms with Gasteiger partial charge in [-0.2, -0.15) is 0 Å². The summed E-state index contributed by atoms with van der Waals surface area (Å²) in [5.74, 6) is -0.231. The van der Waals surface area contributed by atoms with Crippen LogP contribution in [0.2, 0.25) is 0 Å². The second kappa shape index (κ2) is 6.99. The van der Waals surface area contributed by atoms with Gasteiger partial charge in [-0.15, -0.1) is 0 Å². The smallest absolute Gasteiger partial charge is 0.164 e. The Morgan fingerprint density at radius 2 is 1.84 bits per heavy atom. The summed E-state index contributed by atoms with van der Waals surface area (Å²) in [4.78, 5) is 0. The number of rotatable bonds is 7. The first-order valence-electron chi connectivity index (χ1n) is 6.98. The predicted octanol–water partition coefficient (Wildman–Crippen LogP) is 1.31. The van der Waals surface area contributed by atoms with E-state index in [4.69, 9.17) is 14.2 Å². The zero-order valence-electron chi connectivity index (χ0n) is 12.6. The van der Waals surface area contributed by atoms with Crippen molar-refractivity contribution in [1.82, 2.24) is 0 Å². The number of hydrogen-bond donors (Lipinski definition) is 2. The molecule has 1 fully saturated rings. The number of aliphatic hydroxyl groups excluding tert-OH is 2. The highest BCUT2D eigenvalue weighted by Crippen LogP contribution is 2.32. The van der Waals surface area contributed by atoms with Crippen molar-refractivity contribution in [3.8, 4) is 0 Å². The third kappa shape index (κ3) is 4.68. The SMILES string of the molecule is CO[C@@H](C(O)CCC(C)C)[C@H]1OC(C)(C)O[C@H]1CO. The van der Waals surface area contributed by atoms with E-state index in [1.165, 1.54) is 0 Å². The topological polar surface area (TPSA) is 68.2 Å². The van der Waals surface area contributed by atoms with Crippen molar-refractivity contribution in [3.05, 3.63) is 0 Å². The average molecular weight is 276 g/mol. The Labute approximate surface area is 115 Å². The third-order valence-corrected chi connectivity index (χ3v) is 3.42. The Morgan fingerprint density at radius 1 is 1.21 bits per heavy atom. The second-order valence-corrected chi connectivity index (χ2v) is 6.06. The molecule has 0 aromatic carbocycles. The molecule has 0 saturated carbocycles. The van der Waals surface area contributed by atoms with Gasteiger partial charge in [-0.1, -0.05) is 13.8 Å². The Morgan fingerprint density at radius 3 is 2.32 bits per heavy atom. The van der Waals surface area contributed by atoms with E-state index in [2.05, 4.69) is 13.8 Å². The second-order valence-electron chi connectivity index (χ2n) is 6.06. The van der Waals surface area contributed by atoms with E-state index in [0.29, 0.717) is 12.3 Å². The van der Waals surface area contributed by atoms with Gasteiger partial charge in [-0.3, -0.25) is 0 Å². The van der Waals surface area contributed by atoms with E-state index < -0.39 is 30.2 Å². The summed E-state index contributed by atoms with van der Waals surface area (Å²) in [5.41, 5.74) is 0. The first kappa shape index (κ1) is 16.9. The molecule has 1 heterocycles. The lowest BCUT2D eigenvalue weighted by Gasteiger charge is -2.29. The molecule has 114 valence electrons.